The lowest BCUT2D eigenvalue weighted by Crippen LogP contribution is -2.12. The number of aromatic amines is 2. The summed E-state index contributed by atoms with van der Waals surface area (Å²) in [6, 6.07) is 21.4. The summed E-state index contributed by atoms with van der Waals surface area (Å²) in [6.45, 7) is 2.02. The van der Waals surface area contributed by atoms with Crippen molar-refractivity contribution in [1.29, 1.82) is 0 Å². The van der Waals surface area contributed by atoms with Crippen molar-refractivity contribution in [3.05, 3.63) is 105 Å². The molecule has 34 heavy (non-hydrogen) atoms. The number of benzene rings is 3. The summed E-state index contributed by atoms with van der Waals surface area (Å²) < 4.78 is 2.23. The van der Waals surface area contributed by atoms with Crippen LogP contribution in [0.3, 0.4) is 0 Å². The third-order valence-electron chi connectivity index (χ3n) is 5.78. The molecule has 0 aliphatic rings. The van der Waals surface area contributed by atoms with Gasteiger partial charge in [0.1, 0.15) is 6.33 Å². The number of amides is 1. The van der Waals surface area contributed by atoms with Gasteiger partial charge in [-0.25, -0.2) is 0 Å². The van der Waals surface area contributed by atoms with Crippen molar-refractivity contribution in [3.63, 3.8) is 0 Å². The number of halogens is 1. The lowest BCUT2D eigenvalue weighted by atomic mass is 10.1. The lowest BCUT2D eigenvalue weighted by Gasteiger charge is -2.08. The maximum Gasteiger partial charge on any atom is 0.255 e. The topological polar surface area (TPSA) is 78.5 Å². The van der Waals surface area contributed by atoms with Crippen molar-refractivity contribution in [2.45, 2.75) is 19.8 Å². The van der Waals surface area contributed by atoms with E-state index in [9.17, 15) is 4.79 Å². The number of anilines is 1. The van der Waals surface area contributed by atoms with Gasteiger partial charge in [0.25, 0.3) is 5.91 Å². The number of aryl methyl sites for hydroxylation is 3. The van der Waals surface area contributed by atoms with Crippen molar-refractivity contribution in [2.75, 3.05) is 5.32 Å². The van der Waals surface area contributed by atoms with Crippen LogP contribution in [0.2, 0.25) is 5.02 Å². The molecule has 0 aliphatic carbocycles. The van der Waals surface area contributed by atoms with Gasteiger partial charge in [0.15, 0.2) is 4.77 Å². The fourth-order valence-electron chi connectivity index (χ4n) is 3.98. The Bertz CT molecular complexity index is 1570. The fourth-order valence-corrected chi connectivity index (χ4v) is 4.30. The van der Waals surface area contributed by atoms with Crippen molar-refractivity contribution >= 4 is 46.3 Å². The second-order valence-electron chi connectivity index (χ2n) is 8.22. The lowest BCUT2D eigenvalue weighted by molar-refractivity contribution is 0.102. The summed E-state index contributed by atoms with van der Waals surface area (Å²) in [5.41, 5.74) is 6.57. The van der Waals surface area contributed by atoms with Gasteiger partial charge in [-0.15, -0.1) is 0 Å². The van der Waals surface area contributed by atoms with E-state index >= 15 is 0 Å². The molecule has 0 spiro atoms. The fraction of sp³-hybridized carbons (Fsp3) is 0.115. The molecule has 0 radical (unpaired) electrons. The van der Waals surface area contributed by atoms with E-state index in [1.54, 1.807) is 10.9 Å². The number of rotatable bonds is 6. The molecular weight excluding hydrogens is 466 g/mol. The number of nitrogens with one attached hydrogen (secondary N) is 3. The Hall–Kier alpha value is -3.68. The number of H-pyrrole nitrogens is 2. The summed E-state index contributed by atoms with van der Waals surface area (Å²) in [6.07, 6.45) is 3.39. The zero-order valence-electron chi connectivity index (χ0n) is 18.4. The van der Waals surface area contributed by atoms with Crippen LogP contribution >= 0.6 is 23.8 Å². The van der Waals surface area contributed by atoms with Gasteiger partial charge >= 0.3 is 0 Å². The van der Waals surface area contributed by atoms with Gasteiger partial charge in [-0.2, -0.15) is 5.10 Å². The minimum Gasteiger partial charge on any atom is -0.358 e. The second-order valence-corrected chi connectivity index (χ2v) is 9.01. The molecule has 3 aromatic carbocycles. The van der Waals surface area contributed by atoms with E-state index < -0.39 is 0 Å². The number of carbonyl (C=O) groups excluding carboxylic acids is 1. The molecule has 2 heterocycles. The van der Waals surface area contributed by atoms with Crippen LogP contribution in [0.15, 0.2) is 73.1 Å². The Kier molecular flexibility index (Phi) is 6.04. The van der Waals surface area contributed by atoms with Crippen LogP contribution < -0.4 is 5.32 Å². The molecule has 3 N–H and O–H groups in total. The summed E-state index contributed by atoms with van der Waals surface area (Å²) in [5, 5.41) is 11.4. The molecule has 0 aliphatic heterocycles. The molecule has 8 heteroatoms. The first-order valence-electron chi connectivity index (χ1n) is 10.9. The van der Waals surface area contributed by atoms with Crippen LogP contribution in [0, 0.1) is 11.7 Å². The highest BCUT2D eigenvalue weighted by atomic mass is 35.5. The van der Waals surface area contributed by atoms with Crippen molar-refractivity contribution in [3.8, 4) is 5.69 Å². The quantitative estimate of drug-likeness (QED) is 0.242. The molecule has 0 atom stereocenters. The third kappa shape index (κ3) is 4.66. The van der Waals surface area contributed by atoms with Gasteiger partial charge in [0, 0.05) is 32.9 Å². The third-order valence-corrected chi connectivity index (χ3v) is 6.49. The first kappa shape index (κ1) is 22.1. The number of nitrogens with zero attached hydrogens (tertiary/aromatic N) is 2. The van der Waals surface area contributed by atoms with Crippen LogP contribution in [0.1, 0.15) is 27.2 Å². The molecule has 1 amide bonds. The van der Waals surface area contributed by atoms with Gasteiger partial charge in [-0.05, 0) is 91.6 Å². The molecule has 6 nitrogen and oxygen atoms in total. The maximum absolute atomic E-state index is 12.9. The molecule has 5 rings (SSSR count). The van der Waals surface area contributed by atoms with E-state index in [2.05, 4.69) is 38.7 Å². The normalized spacial score (nSPS) is 11.1. The van der Waals surface area contributed by atoms with Crippen molar-refractivity contribution in [1.82, 2.24) is 19.7 Å². The summed E-state index contributed by atoms with van der Waals surface area (Å²) in [5.74, 6) is -0.172. The van der Waals surface area contributed by atoms with Gasteiger partial charge in [0.05, 0.1) is 5.69 Å². The molecule has 0 fully saturated rings. The first-order valence-corrected chi connectivity index (χ1v) is 11.7. The van der Waals surface area contributed by atoms with Gasteiger partial charge in [0.2, 0.25) is 0 Å². The predicted molar refractivity (Wildman–Crippen MR) is 139 cm³/mol. The van der Waals surface area contributed by atoms with Crippen molar-refractivity contribution < 1.29 is 4.79 Å². The molecule has 0 saturated heterocycles. The van der Waals surface area contributed by atoms with Gasteiger partial charge in [-0.3, -0.25) is 14.5 Å². The maximum atomic E-state index is 12.9. The van der Waals surface area contributed by atoms with E-state index in [1.807, 2.05) is 55.5 Å². The minimum absolute atomic E-state index is 0.172. The van der Waals surface area contributed by atoms with E-state index in [-0.39, 0.29) is 5.91 Å². The number of hydrogen-bond donors (Lipinski definition) is 3. The standard InChI is InChI=1S/C26H22ClN5OS/c1-16-11-17(6-9-23(16)27)5-8-21-13-19-12-18(7-10-24(19)29-21)25(33)30-20-3-2-4-22(14-20)32-15-28-31-26(32)34/h2-4,6-7,9-15,29H,5,8H2,1H3,(H,30,33)(H,31,34). The van der Waals surface area contributed by atoms with Crippen LogP contribution in [-0.4, -0.2) is 25.7 Å². The Balaban J connectivity index is 1.30. The van der Waals surface area contributed by atoms with Gasteiger partial charge in [-0.1, -0.05) is 29.8 Å². The predicted octanol–water partition coefficient (Wildman–Crippen LogP) is 6.41. The van der Waals surface area contributed by atoms with E-state index in [0.29, 0.717) is 16.0 Å². The second kappa shape index (κ2) is 9.29. The summed E-state index contributed by atoms with van der Waals surface area (Å²) in [4.78, 5) is 16.4. The number of hydrogen-bond acceptors (Lipinski definition) is 3. The SMILES string of the molecule is Cc1cc(CCc2cc3cc(C(=O)Nc4cccc(-n5cn[nH]c5=S)c4)ccc3[nH]2)ccc1Cl. The molecule has 2 aromatic heterocycles. The molecule has 5 aromatic rings. The molecular formula is C26H22ClN5OS. The van der Waals surface area contributed by atoms with Crippen LogP contribution in [0.4, 0.5) is 5.69 Å². The molecule has 0 saturated carbocycles. The number of aromatic nitrogens is 4. The summed E-state index contributed by atoms with van der Waals surface area (Å²) >= 11 is 11.4. The smallest absolute Gasteiger partial charge is 0.255 e. The number of carbonyl (C=O) groups is 1. The summed E-state index contributed by atoms with van der Waals surface area (Å²) in [7, 11) is 0. The zero-order valence-corrected chi connectivity index (χ0v) is 20.0. The highest BCUT2D eigenvalue weighted by Gasteiger charge is 2.10. The Labute approximate surface area is 206 Å². The van der Waals surface area contributed by atoms with Crippen molar-refractivity contribution in [2.24, 2.45) is 0 Å². The zero-order chi connectivity index (χ0) is 23.7. The van der Waals surface area contributed by atoms with Crippen LogP contribution in [-0.2, 0) is 12.8 Å². The monoisotopic (exact) mass is 487 g/mol. The van der Waals surface area contributed by atoms with Gasteiger partial charge < -0.3 is 10.3 Å². The van der Waals surface area contributed by atoms with E-state index in [0.717, 1.165) is 45.7 Å². The average Bonchev–Trinajstić information content (AvgIpc) is 3.45. The Morgan fingerprint density at radius 2 is 1.97 bits per heavy atom. The molecule has 170 valence electrons. The average molecular weight is 488 g/mol. The van der Waals surface area contributed by atoms with E-state index in [1.165, 1.54) is 5.56 Å². The molecule has 0 unspecified atom stereocenters. The Morgan fingerprint density at radius 3 is 2.76 bits per heavy atom. The first-order chi connectivity index (χ1) is 16.5. The highest BCUT2D eigenvalue weighted by Crippen LogP contribution is 2.22. The minimum atomic E-state index is -0.172. The van der Waals surface area contributed by atoms with E-state index in [4.69, 9.17) is 23.8 Å². The largest absolute Gasteiger partial charge is 0.358 e. The molecule has 0 bridgehead atoms. The number of fused-ring (bicyclic) bond motifs is 1. The Morgan fingerprint density at radius 1 is 1.09 bits per heavy atom. The highest BCUT2D eigenvalue weighted by molar-refractivity contribution is 7.71. The van der Waals surface area contributed by atoms with Crippen LogP contribution in [0.25, 0.3) is 16.6 Å². The van der Waals surface area contributed by atoms with Crippen LogP contribution in [0.5, 0.6) is 0 Å².